The number of carbonyl (C=O) groups is 1. The van der Waals surface area contributed by atoms with Crippen molar-refractivity contribution in [2.45, 2.75) is 0 Å². The van der Waals surface area contributed by atoms with Crippen molar-refractivity contribution in [3.63, 3.8) is 0 Å². The summed E-state index contributed by atoms with van der Waals surface area (Å²) >= 11 is 0. The van der Waals surface area contributed by atoms with Crippen molar-refractivity contribution in [1.82, 2.24) is 4.98 Å². The number of rotatable bonds is 2. The number of phenolic OH excluding ortho intramolecular Hbond substituents is 1. The second kappa shape index (κ2) is 4.33. The second-order valence-corrected chi connectivity index (χ2v) is 3.60. The van der Waals surface area contributed by atoms with Gasteiger partial charge in [0, 0.05) is 11.8 Å². The molecule has 0 radical (unpaired) electrons. The van der Waals surface area contributed by atoms with Gasteiger partial charge in [0.1, 0.15) is 0 Å². The zero-order chi connectivity index (χ0) is 13.3. The van der Waals surface area contributed by atoms with Crippen molar-refractivity contribution in [3.8, 4) is 16.9 Å². The average Bonchev–Trinajstić information content (AvgIpc) is 2.33. The van der Waals surface area contributed by atoms with Gasteiger partial charge in [-0.15, -0.1) is 0 Å². The van der Waals surface area contributed by atoms with Crippen molar-refractivity contribution >= 4 is 5.97 Å². The summed E-state index contributed by atoms with van der Waals surface area (Å²) in [5.74, 6) is -2.62. The molecule has 0 atom stereocenters. The number of hydrogen-bond acceptors (Lipinski definition) is 3. The van der Waals surface area contributed by atoms with Crippen molar-refractivity contribution < 1.29 is 19.4 Å². The Morgan fingerprint density at radius 1 is 1.28 bits per heavy atom. The van der Waals surface area contributed by atoms with E-state index in [-0.39, 0.29) is 16.7 Å². The lowest BCUT2D eigenvalue weighted by Crippen LogP contribution is -2.11. The predicted octanol–water partition coefficient (Wildman–Crippen LogP) is 1.58. The molecule has 0 aliphatic rings. The molecular weight excluding hydrogens is 241 g/mol. The normalized spacial score (nSPS) is 10.3. The third-order valence-electron chi connectivity index (χ3n) is 2.41. The van der Waals surface area contributed by atoms with Crippen LogP contribution in [-0.2, 0) is 0 Å². The first-order chi connectivity index (χ1) is 8.49. The fourth-order valence-electron chi connectivity index (χ4n) is 1.50. The van der Waals surface area contributed by atoms with Crippen molar-refractivity contribution in [1.29, 1.82) is 0 Å². The van der Waals surface area contributed by atoms with Crippen molar-refractivity contribution in [3.05, 3.63) is 52.2 Å². The van der Waals surface area contributed by atoms with Crippen LogP contribution in [0.2, 0.25) is 0 Å². The molecule has 6 heteroatoms. The van der Waals surface area contributed by atoms with Crippen LogP contribution in [0.15, 0.2) is 35.3 Å². The van der Waals surface area contributed by atoms with Crippen molar-refractivity contribution in [2.24, 2.45) is 0 Å². The standard InChI is InChI=1S/C12H8FNO4/c13-9-4-6(1-2-10(9)15)8-3-7(12(17)18)5-14-11(8)16/h1-5,15H,(H,14,16)(H,17,18). The Hall–Kier alpha value is -2.63. The van der Waals surface area contributed by atoms with Crippen LogP contribution in [0.3, 0.4) is 0 Å². The highest BCUT2D eigenvalue weighted by atomic mass is 19.1. The topological polar surface area (TPSA) is 90.4 Å². The number of carboxylic acids is 1. The summed E-state index contributed by atoms with van der Waals surface area (Å²) in [6.07, 6.45) is 1.06. The number of aromatic hydroxyl groups is 1. The highest BCUT2D eigenvalue weighted by molar-refractivity contribution is 5.88. The molecule has 1 aromatic carbocycles. The van der Waals surface area contributed by atoms with Crippen LogP contribution in [0.4, 0.5) is 4.39 Å². The first-order valence-corrected chi connectivity index (χ1v) is 4.94. The van der Waals surface area contributed by atoms with E-state index in [1.54, 1.807) is 0 Å². The highest BCUT2D eigenvalue weighted by Crippen LogP contribution is 2.22. The Labute approximate surface area is 100 Å². The molecule has 0 saturated heterocycles. The van der Waals surface area contributed by atoms with E-state index >= 15 is 0 Å². The summed E-state index contributed by atoms with van der Waals surface area (Å²) in [7, 11) is 0. The number of aromatic amines is 1. The number of aromatic nitrogens is 1. The molecule has 0 aliphatic heterocycles. The minimum atomic E-state index is -1.20. The van der Waals surface area contributed by atoms with Gasteiger partial charge in [0.2, 0.25) is 0 Å². The quantitative estimate of drug-likeness (QED) is 0.753. The number of halogens is 1. The van der Waals surface area contributed by atoms with Crippen LogP contribution in [0.1, 0.15) is 10.4 Å². The summed E-state index contributed by atoms with van der Waals surface area (Å²) in [5, 5.41) is 17.9. The number of aromatic carboxylic acids is 1. The van der Waals surface area contributed by atoms with E-state index in [1.165, 1.54) is 6.07 Å². The molecule has 2 rings (SSSR count). The first kappa shape index (κ1) is 11.8. The van der Waals surface area contributed by atoms with Crippen molar-refractivity contribution in [2.75, 3.05) is 0 Å². The van der Waals surface area contributed by atoms with Crippen LogP contribution < -0.4 is 5.56 Å². The molecule has 0 bridgehead atoms. The Kier molecular flexibility index (Phi) is 2.85. The fourth-order valence-corrected chi connectivity index (χ4v) is 1.50. The Balaban J connectivity index is 2.62. The first-order valence-electron chi connectivity index (χ1n) is 4.94. The SMILES string of the molecule is O=C(O)c1c[nH]c(=O)c(-c2ccc(O)c(F)c2)c1. The zero-order valence-electron chi connectivity index (χ0n) is 8.98. The molecule has 0 amide bonds. The van der Waals surface area contributed by atoms with Gasteiger partial charge in [0.25, 0.3) is 5.56 Å². The smallest absolute Gasteiger partial charge is 0.337 e. The molecule has 18 heavy (non-hydrogen) atoms. The molecule has 0 spiro atoms. The number of phenols is 1. The van der Waals surface area contributed by atoms with Gasteiger partial charge in [-0.1, -0.05) is 6.07 Å². The van der Waals surface area contributed by atoms with Crippen LogP contribution in [0.25, 0.3) is 11.1 Å². The third-order valence-corrected chi connectivity index (χ3v) is 2.41. The monoisotopic (exact) mass is 249 g/mol. The van der Waals surface area contributed by atoms with Gasteiger partial charge in [-0.25, -0.2) is 9.18 Å². The van der Waals surface area contributed by atoms with E-state index < -0.39 is 23.1 Å². The van der Waals surface area contributed by atoms with E-state index in [9.17, 15) is 14.0 Å². The minimum absolute atomic E-state index is 0.0220. The minimum Gasteiger partial charge on any atom is -0.505 e. The van der Waals surface area contributed by atoms with Crippen LogP contribution >= 0.6 is 0 Å². The lowest BCUT2D eigenvalue weighted by atomic mass is 10.1. The van der Waals surface area contributed by atoms with Gasteiger partial charge in [0.15, 0.2) is 11.6 Å². The maximum atomic E-state index is 13.2. The molecule has 92 valence electrons. The average molecular weight is 249 g/mol. The van der Waals surface area contributed by atoms with Gasteiger partial charge in [-0.05, 0) is 23.8 Å². The van der Waals surface area contributed by atoms with Crippen LogP contribution in [0.5, 0.6) is 5.75 Å². The van der Waals surface area contributed by atoms with Gasteiger partial charge in [-0.3, -0.25) is 4.79 Å². The summed E-state index contributed by atoms with van der Waals surface area (Å²) in [4.78, 5) is 24.6. The van der Waals surface area contributed by atoms with Crippen LogP contribution in [0, 0.1) is 5.82 Å². The molecule has 2 aromatic rings. The zero-order valence-corrected chi connectivity index (χ0v) is 8.98. The number of carboxylic acid groups (broad SMARTS) is 1. The lowest BCUT2D eigenvalue weighted by molar-refractivity contribution is 0.0696. The van der Waals surface area contributed by atoms with Gasteiger partial charge < -0.3 is 15.2 Å². The molecule has 5 nitrogen and oxygen atoms in total. The maximum absolute atomic E-state index is 13.2. The predicted molar refractivity (Wildman–Crippen MR) is 61.1 cm³/mol. The van der Waals surface area contributed by atoms with Crippen LogP contribution in [-0.4, -0.2) is 21.2 Å². The van der Waals surface area contributed by atoms with Gasteiger partial charge in [0.05, 0.1) is 5.56 Å². The molecule has 1 aromatic heterocycles. The fraction of sp³-hybridized carbons (Fsp3) is 0. The summed E-state index contributed by atoms with van der Waals surface area (Å²) < 4.78 is 13.2. The number of hydrogen-bond donors (Lipinski definition) is 3. The van der Waals surface area contributed by atoms with E-state index in [1.807, 2.05) is 0 Å². The number of H-pyrrole nitrogens is 1. The lowest BCUT2D eigenvalue weighted by Gasteiger charge is -2.03. The number of pyridine rings is 1. The number of nitrogens with one attached hydrogen (secondary N) is 1. The maximum Gasteiger partial charge on any atom is 0.337 e. The molecular formula is C12H8FNO4. The third kappa shape index (κ3) is 2.08. The highest BCUT2D eigenvalue weighted by Gasteiger charge is 2.11. The van der Waals surface area contributed by atoms with E-state index in [0.717, 1.165) is 24.4 Å². The second-order valence-electron chi connectivity index (χ2n) is 3.60. The molecule has 1 heterocycles. The molecule has 0 unspecified atom stereocenters. The van der Waals surface area contributed by atoms with E-state index in [2.05, 4.69) is 4.98 Å². The summed E-state index contributed by atoms with van der Waals surface area (Å²) in [6, 6.07) is 4.53. The molecule has 0 aliphatic carbocycles. The van der Waals surface area contributed by atoms with Gasteiger partial charge in [-0.2, -0.15) is 0 Å². The molecule has 0 saturated carbocycles. The largest absolute Gasteiger partial charge is 0.505 e. The Morgan fingerprint density at radius 2 is 2.00 bits per heavy atom. The summed E-state index contributed by atoms with van der Waals surface area (Å²) in [6.45, 7) is 0. The van der Waals surface area contributed by atoms with Gasteiger partial charge >= 0.3 is 5.97 Å². The Bertz CT molecular complexity index is 678. The molecule has 0 fully saturated rings. The summed E-state index contributed by atoms with van der Waals surface area (Å²) in [5.41, 5.74) is -0.438. The van der Waals surface area contributed by atoms with E-state index in [0.29, 0.717) is 0 Å². The Morgan fingerprint density at radius 3 is 2.61 bits per heavy atom. The molecule has 3 N–H and O–H groups in total. The van der Waals surface area contributed by atoms with E-state index in [4.69, 9.17) is 10.2 Å². The number of benzene rings is 1.